The summed E-state index contributed by atoms with van der Waals surface area (Å²) in [4.78, 5) is 33.8. The molecule has 0 aliphatic rings. The van der Waals surface area contributed by atoms with Crippen molar-refractivity contribution < 1.29 is 9.59 Å². The van der Waals surface area contributed by atoms with Gasteiger partial charge in [-0.05, 0) is 55.6 Å². The average molecular weight is 488 g/mol. The van der Waals surface area contributed by atoms with Gasteiger partial charge in [-0.1, -0.05) is 54.2 Å². The highest BCUT2D eigenvalue weighted by Crippen LogP contribution is 2.31. The first-order chi connectivity index (χ1) is 17.0. The molecule has 7 nitrogen and oxygen atoms in total. The standard InChI is InChI=1S/C27H29N5O2S/c1-18-23(30-26(34)14-19-8-4-2-5-9-19)15-21(17-29-18)20-11-12-22-24(16-20)35-27(31-22)32-25(33)10-6-3-7-13-28/h2,4-5,8-9,11-12,15-17H,3,6-7,10,13-14,28H2,1H3,(H,30,34)(H,31,32,33). The summed E-state index contributed by atoms with van der Waals surface area (Å²) in [5, 5.41) is 6.49. The molecule has 0 unspecified atom stereocenters. The number of carbonyl (C=O) groups is 2. The molecular formula is C27H29N5O2S. The van der Waals surface area contributed by atoms with E-state index >= 15 is 0 Å². The maximum absolute atomic E-state index is 12.6. The molecule has 0 aliphatic carbocycles. The van der Waals surface area contributed by atoms with Crippen LogP contribution < -0.4 is 16.4 Å². The minimum atomic E-state index is -0.0837. The first-order valence-electron chi connectivity index (χ1n) is 11.7. The smallest absolute Gasteiger partial charge is 0.228 e. The minimum absolute atomic E-state index is 0.0279. The van der Waals surface area contributed by atoms with E-state index in [1.807, 2.05) is 61.5 Å². The van der Waals surface area contributed by atoms with E-state index < -0.39 is 0 Å². The number of hydrogen-bond donors (Lipinski definition) is 3. The zero-order valence-electron chi connectivity index (χ0n) is 19.7. The third-order valence-electron chi connectivity index (χ3n) is 5.64. The van der Waals surface area contributed by atoms with Gasteiger partial charge in [-0.3, -0.25) is 14.6 Å². The second-order valence-corrected chi connectivity index (χ2v) is 9.45. The number of hydrogen-bond acceptors (Lipinski definition) is 6. The van der Waals surface area contributed by atoms with Crippen LogP contribution in [0.5, 0.6) is 0 Å². The van der Waals surface area contributed by atoms with Gasteiger partial charge in [-0.25, -0.2) is 4.98 Å². The van der Waals surface area contributed by atoms with E-state index in [1.165, 1.54) is 11.3 Å². The molecular weight excluding hydrogens is 458 g/mol. The number of nitrogens with one attached hydrogen (secondary N) is 2. The van der Waals surface area contributed by atoms with Crippen LogP contribution in [0.3, 0.4) is 0 Å². The topological polar surface area (TPSA) is 110 Å². The monoisotopic (exact) mass is 487 g/mol. The lowest BCUT2D eigenvalue weighted by molar-refractivity contribution is -0.116. The molecule has 8 heteroatoms. The van der Waals surface area contributed by atoms with Crippen molar-refractivity contribution in [3.63, 3.8) is 0 Å². The number of aromatic nitrogens is 2. The number of benzene rings is 2. The zero-order chi connectivity index (χ0) is 24.6. The molecule has 2 heterocycles. The highest BCUT2D eigenvalue weighted by atomic mass is 32.1. The number of thiazole rings is 1. The van der Waals surface area contributed by atoms with Crippen molar-refractivity contribution in [3.05, 3.63) is 72.1 Å². The number of aryl methyl sites for hydroxylation is 1. The zero-order valence-corrected chi connectivity index (χ0v) is 20.5. The molecule has 0 fully saturated rings. The molecule has 0 saturated heterocycles. The third kappa shape index (κ3) is 6.71. The molecule has 2 aromatic carbocycles. The van der Waals surface area contributed by atoms with Crippen LogP contribution in [0.4, 0.5) is 10.8 Å². The summed E-state index contributed by atoms with van der Waals surface area (Å²) in [6.45, 7) is 2.53. The van der Waals surface area contributed by atoms with Crippen molar-refractivity contribution in [1.29, 1.82) is 0 Å². The predicted octanol–water partition coefficient (Wildman–Crippen LogP) is 5.31. The van der Waals surface area contributed by atoms with Crippen molar-refractivity contribution in [3.8, 4) is 11.1 Å². The van der Waals surface area contributed by atoms with Crippen LogP contribution in [0.1, 0.15) is 36.9 Å². The lowest BCUT2D eigenvalue weighted by atomic mass is 10.1. The fraction of sp³-hybridized carbons (Fsp3) is 0.259. The van der Waals surface area contributed by atoms with Gasteiger partial charge in [0.05, 0.1) is 28.0 Å². The lowest BCUT2D eigenvalue weighted by Crippen LogP contribution is -2.15. The molecule has 0 bridgehead atoms. The van der Waals surface area contributed by atoms with Gasteiger partial charge in [0.1, 0.15) is 0 Å². The van der Waals surface area contributed by atoms with Gasteiger partial charge in [0.2, 0.25) is 11.8 Å². The second-order valence-electron chi connectivity index (χ2n) is 8.42. The Labute approximate surface area is 208 Å². The Morgan fingerprint density at radius 3 is 2.57 bits per heavy atom. The van der Waals surface area contributed by atoms with E-state index in [0.29, 0.717) is 30.2 Å². The maximum atomic E-state index is 12.6. The summed E-state index contributed by atoms with van der Waals surface area (Å²) in [6.07, 6.45) is 5.28. The number of fused-ring (bicyclic) bond motifs is 1. The van der Waals surface area contributed by atoms with E-state index in [9.17, 15) is 9.59 Å². The van der Waals surface area contributed by atoms with E-state index in [1.54, 1.807) is 6.20 Å². The van der Waals surface area contributed by atoms with E-state index in [2.05, 4.69) is 20.6 Å². The lowest BCUT2D eigenvalue weighted by Gasteiger charge is -2.10. The van der Waals surface area contributed by atoms with Gasteiger partial charge in [-0.15, -0.1) is 0 Å². The summed E-state index contributed by atoms with van der Waals surface area (Å²) >= 11 is 1.44. The number of amides is 2. The normalized spacial score (nSPS) is 10.9. The Hall–Kier alpha value is -3.62. The van der Waals surface area contributed by atoms with Gasteiger partial charge in [-0.2, -0.15) is 0 Å². The maximum Gasteiger partial charge on any atom is 0.228 e. The summed E-state index contributed by atoms with van der Waals surface area (Å²) in [6, 6.07) is 17.5. The van der Waals surface area contributed by atoms with Crippen molar-refractivity contribution >= 4 is 44.2 Å². The first kappa shape index (κ1) is 24.5. The van der Waals surface area contributed by atoms with Crippen molar-refractivity contribution in [2.24, 2.45) is 5.73 Å². The van der Waals surface area contributed by atoms with Crippen molar-refractivity contribution in [1.82, 2.24) is 9.97 Å². The number of rotatable bonds is 10. The minimum Gasteiger partial charge on any atom is -0.330 e. The molecule has 2 amide bonds. The predicted molar refractivity (Wildman–Crippen MR) is 143 cm³/mol. The van der Waals surface area contributed by atoms with Crippen LogP contribution in [-0.4, -0.2) is 28.3 Å². The van der Waals surface area contributed by atoms with E-state index in [-0.39, 0.29) is 11.8 Å². The fourth-order valence-corrected chi connectivity index (χ4v) is 4.66. The molecule has 0 saturated carbocycles. The molecule has 2 aromatic heterocycles. The molecule has 0 atom stereocenters. The largest absolute Gasteiger partial charge is 0.330 e. The van der Waals surface area contributed by atoms with Crippen molar-refractivity contribution in [2.45, 2.75) is 39.0 Å². The van der Waals surface area contributed by atoms with Crippen LogP contribution in [0.25, 0.3) is 21.3 Å². The summed E-state index contributed by atoms with van der Waals surface area (Å²) in [5.41, 5.74) is 10.6. The first-order valence-corrected chi connectivity index (χ1v) is 12.5. The molecule has 4 rings (SSSR count). The third-order valence-corrected chi connectivity index (χ3v) is 6.58. The molecule has 35 heavy (non-hydrogen) atoms. The van der Waals surface area contributed by atoms with Gasteiger partial charge < -0.3 is 16.4 Å². The molecule has 4 aromatic rings. The Morgan fingerprint density at radius 1 is 0.943 bits per heavy atom. The molecule has 0 spiro atoms. The number of carbonyl (C=O) groups excluding carboxylic acids is 2. The molecule has 4 N–H and O–H groups in total. The van der Waals surface area contributed by atoms with E-state index in [0.717, 1.165) is 51.9 Å². The number of pyridine rings is 1. The fourth-order valence-electron chi connectivity index (χ4n) is 3.74. The van der Waals surface area contributed by atoms with Gasteiger partial charge in [0, 0.05) is 18.2 Å². The number of nitrogens with zero attached hydrogens (tertiary/aromatic N) is 2. The highest BCUT2D eigenvalue weighted by Gasteiger charge is 2.12. The summed E-state index contributed by atoms with van der Waals surface area (Å²) in [7, 11) is 0. The van der Waals surface area contributed by atoms with Crippen LogP contribution in [0.2, 0.25) is 0 Å². The summed E-state index contributed by atoms with van der Waals surface area (Å²) < 4.78 is 0.969. The van der Waals surface area contributed by atoms with Crippen molar-refractivity contribution in [2.75, 3.05) is 17.2 Å². The van der Waals surface area contributed by atoms with Crippen LogP contribution in [-0.2, 0) is 16.0 Å². The van der Waals surface area contributed by atoms with Crippen LogP contribution in [0.15, 0.2) is 60.8 Å². The van der Waals surface area contributed by atoms with Gasteiger partial charge in [0.25, 0.3) is 0 Å². The Kier molecular flexibility index (Phi) is 8.18. The summed E-state index contributed by atoms with van der Waals surface area (Å²) in [5.74, 6) is -0.112. The molecule has 0 radical (unpaired) electrons. The Morgan fingerprint density at radius 2 is 1.77 bits per heavy atom. The number of nitrogens with two attached hydrogens (primary N) is 1. The number of unbranched alkanes of at least 4 members (excludes halogenated alkanes) is 2. The second kappa shape index (κ2) is 11.7. The molecule has 0 aliphatic heterocycles. The Bertz CT molecular complexity index is 1320. The molecule has 180 valence electrons. The Balaban J connectivity index is 1.46. The van der Waals surface area contributed by atoms with Gasteiger partial charge >= 0.3 is 0 Å². The quantitative estimate of drug-likeness (QED) is 0.263. The number of anilines is 2. The van der Waals surface area contributed by atoms with E-state index in [4.69, 9.17) is 5.73 Å². The van der Waals surface area contributed by atoms with Gasteiger partial charge in [0.15, 0.2) is 5.13 Å². The SMILES string of the molecule is Cc1ncc(-c2ccc3nc(NC(=O)CCCCCN)sc3c2)cc1NC(=O)Cc1ccccc1. The average Bonchev–Trinajstić information content (AvgIpc) is 3.25. The van der Waals surface area contributed by atoms with Crippen LogP contribution >= 0.6 is 11.3 Å². The highest BCUT2D eigenvalue weighted by molar-refractivity contribution is 7.22. The van der Waals surface area contributed by atoms with Crippen LogP contribution in [0, 0.1) is 6.92 Å².